The number of alkyl halides is 3. The number of halogens is 3. The van der Waals surface area contributed by atoms with Gasteiger partial charge in [-0.25, -0.2) is 9.78 Å². The number of carboxylic acids is 1. The van der Waals surface area contributed by atoms with Crippen molar-refractivity contribution < 1.29 is 37.5 Å². The number of aliphatic carboxylic acids is 1. The molecule has 214 valence electrons. The summed E-state index contributed by atoms with van der Waals surface area (Å²) in [4.78, 5) is 54.9. The van der Waals surface area contributed by atoms with Crippen LogP contribution in [-0.2, 0) is 26.2 Å². The highest BCUT2D eigenvalue weighted by molar-refractivity contribution is 5.84. The van der Waals surface area contributed by atoms with Crippen LogP contribution >= 0.6 is 0 Å². The monoisotopic (exact) mass is 547 g/mol. The summed E-state index contributed by atoms with van der Waals surface area (Å²) in [6.45, 7) is 8.20. The molecule has 0 aromatic carbocycles. The fourth-order valence-corrected chi connectivity index (χ4v) is 4.47. The molecule has 2 fully saturated rings. The number of amides is 3. The third kappa shape index (κ3) is 8.13. The molecule has 0 aliphatic carbocycles. The number of unbranched alkanes of at least 4 members (excludes halogenated alkanes) is 1. The lowest BCUT2D eigenvalue weighted by Gasteiger charge is -2.37. The highest BCUT2D eigenvalue weighted by Crippen LogP contribution is 2.37. The largest absolute Gasteiger partial charge is 0.490 e. The molecule has 3 N–H and O–H groups in total. The number of piperazine rings is 1. The van der Waals surface area contributed by atoms with Crippen molar-refractivity contribution in [2.45, 2.75) is 77.2 Å². The summed E-state index contributed by atoms with van der Waals surface area (Å²) in [5, 5.41) is 17.4. The Kier molecular flexibility index (Phi) is 11.0. The average Bonchev–Trinajstić information content (AvgIpc) is 3.52. The van der Waals surface area contributed by atoms with E-state index < -0.39 is 18.2 Å². The molecule has 0 radical (unpaired) electrons. The summed E-state index contributed by atoms with van der Waals surface area (Å²) in [7, 11) is 1.82. The van der Waals surface area contributed by atoms with E-state index in [2.05, 4.69) is 32.5 Å². The fourth-order valence-electron chi connectivity index (χ4n) is 4.47. The molecule has 12 nitrogen and oxygen atoms in total. The van der Waals surface area contributed by atoms with Crippen LogP contribution in [0.5, 0.6) is 0 Å². The molecule has 3 rings (SSSR count). The van der Waals surface area contributed by atoms with Crippen LogP contribution in [0.25, 0.3) is 0 Å². The number of nitrogens with zero attached hydrogens (tertiary/aromatic N) is 5. The number of rotatable bonds is 10. The number of hydrogen-bond donors (Lipinski definition) is 3. The Morgan fingerprint density at radius 1 is 1.11 bits per heavy atom. The summed E-state index contributed by atoms with van der Waals surface area (Å²) in [5.41, 5.74) is 0. The van der Waals surface area contributed by atoms with E-state index in [1.54, 1.807) is 4.68 Å². The summed E-state index contributed by atoms with van der Waals surface area (Å²) in [5.74, 6) is -1.66. The minimum absolute atomic E-state index is 0.00848. The van der Waals surface area contributed by atoms with Crippen LogP contribution in [0.15, 0.2) is 0 Å². The SMILES string of the molecule is CCCCNC(=O)C(c1nc(C)n(C)n1)N1C[C@@H]2C[C@H]1CN2C(=O)CCC(=O)NCC.O=C(O)C(F)(F)F. The summed E-state index contributed by atoms with van der Waals surface area (Å²) in [6, 6.07) is -0.411. The fraction of sp³-hybridized carbons (Fsp3) is 0.739. The van der Waals surface area contributed by atoms with E-state index in [0.717, 1.165) is 25.1 Å². The minimum atomic E-state index is -5.08. The summed E-state index contributed by atoms with van der Waals surface area (Å²) in [6.07, 6.45) is -1.89. The highest BCUT2D eigenvalue weighted by Gasteiger charge is 2.50. The van der Waals surface area contributed by atoms with Crippen molar-refractivity contribution in [3.05, 3.63) is 11.6 Å². The Bertz CT molecular complexity index is 981. The standard InChI is InChI=1S/C21H35N7O3.C2HF3O2/c1-5-7-10-23-21(31)19(20-24-14(3)26(4)25-20)28-13-15-11-16(28)12-27(15)18(30)9-8-17(29)22-6-2;3-2(4,5)1(6)7/h15-16,19H,5-13H2,1-4H3,(H,22,29)(H,23,31);(H,6,7)/t15-,16-,19?;/m0./s1. The highest BCUT2D eigenvalue weighted by atomic mass is 19.4. The quantitative estimate of drug-likeness (QED) is 0.366. The van der Waals surface area contributed by atoms with Gasteiger partial charge in [0.15, 0.2) is 11.9 Å². The molecule has 2 aliphatic rings. The topological polar surface area (TPSA) is 150 Å². The van der Waals surface area contributed by atoms with Gasteiger partial charge in [0.25, 0.3) is 0 Å². The molecule has 1 aromatic heterocycles. The van der Waals surface area contributed by atoms with Crippen molar-refractivity contribution in [3.8, 4) is 0 Å². The van der Waals surface area contributed by atoms with E-state index in [9.17, 15) is 27.6 Å². The van der Waals surface area contributed by atoms with E-state index in [4.69, 9.17) is 9.90 Å². The number of carbonyl (C=O) groups excluding carboxylic acids is 3. The minimum Gasteiger partial charge on any atom is -0.475 e. The van der Waals surface area contributed by atoms with Crippen LogP contribution in [0.2, 0.25) is 0 Å². The molecule has 3 atom stereocenters. The molecule has 1 aromatic rings. The zero-order chi connectivity index (χ0) is 28.6. The molecular formula is C23H36F3N7O5. The van der Waals surface area contributed by atoms with Gasteiger partial charge < -0.3 is 20.6 Å². The first-order valence-corrected chi connectivity index (χ1v) is 12.6. The number of carbonyl (C=O) groups is 4. The van der Waals surface area contributed by atoms with Crippen molar-refractivity contribution in [1.82, 2.24) is 35.2 Å². The van der Waals surface area contributed by atoms with Crippen molar-refractivity contribution in [1.29, 1.82) is 0 Å². The van der Waals surface area contributed by atoms with E-state index in [-0.39, 0.29) is 42.6 Å². The lowest BCUT2D eigenvalue weighted by Crippen LogP contribution is -2.52. The van der Waals surface area contributed by atoms with Gasteiger partial charge in [0, 0.05) is 58.2 Å². The Balaban J connectivity index is 0.000000638. The van der Waals surface area contributed by atoms with Gasteiger partial charge in [0.2, 0.25) is 17.7 Å². The second kappa shape index (κ2) is 13.5. The first-order chi connectivity index (χ1) is 17.8. The second-order valence-electron chi connectivity index (χ2n) is 9.23. The molecule has 3 amide bonds. The van der Waals surface area contributed by atoms with Gasteiger partial charge in [-0.05, 0) is 26.7 Å². The van der Waals surface area contributed by atoms with Crippen LogP contribution in [0.3, 0.4) is 0 Å². The van der Waals surface area contributed by atoms with Crippen molar-refractivity contribution in [3.63, 3.8) is 0 Å². The molecular weight excluding hydrogens is 511 g/mol. The smallest absolute Gasteiger partial charge is 0.475 e. The predicted octanol–water partition coefficient (Wildman–Crippen LogP) is 0.916. The zero-order valence-electron chi connectivity index (χ0n) is 22.0. The zero-order valence-corrected chi connectivity index (χ0v) is 22.0. The van der Waals surface area contributed by atoms with Crippen molar-refractivity contribution >= 4 is 23.7 Å². The number of aryl methyl sites for hydroxylation is 2. The Morgan fingerprint density at radius 3 is 2.24 bits per heavy atom. The normalized spacial score (nSPS) is 19.5. The van der Waals surface area contributed by atoms with Crippen LogP contribution in [0.1, 0.15) is 63.6 Å². The molecule has 2 saturated heterocycles. The molecule has 15 heteroatoms. The lowest BCUT2D eigenvalue weighted by atomic mass is 10.1. The predicted molar refractivity (Wildman–Crippen MR) is 129 cm³/mol. The van der Waals surface area contributed by atoms with Gasteiger partial charge in [-0.1, -0.05) is 13.3 Å². The van der Waals surface area contributed by atoms with Gasteiger partial charge in [-0.15, -0.1) is 0 Å². The van der Waals surface area contributed by atoms with Gasteiger partial charge in [-0.3, -0.25) is 24.0 Å². The number of aromatic nitrogens is 3. The van der Waals surface area contributed by atoms with Crippen LogP contribution in [0, 0.1) is 6.92 Å². The first kappa shape index (κ1) is 31.0. The van der Waals surface area contributed by atoms with Crippen LogP contribution < -0.4 is 10.6 Å². The maximum absolute atomic E-state index is 13.1. The maximum atomic E-state index is 13.1. The van der Waals surface area contributed by atoms with E-state index in [0.29, 0.717) is 32.0 Å². The van der Waals surface area contributed by atoms with Gasteiger partial charge in [-0.2, -0.15) is 18.3 Å². The van der Waals surface area contributed by atoms with Crippen LogP contribution in [0.4, 0.5) is 13.2 Å². The number of fused-ring (bicyclic) bond motifs is 2. The van der Waals surface area contributed by atoms with Crippen LogP contribution in [-0.4, -0.2) is 97.8 Å². The number of hydrogen-bond acceptors (Lipinski definition) is 7. The molecule has 3 heterocycles. The van der Waals surface area contributed by atoms with E-state index in [1.807, 2.05) is 25.8 Å². The number of carboxylic acid groups (broad SMARTS) is 1. The molecule has 2 aliphatic heterocycles. The lowest BCUT2D eigenvalue weighted by molar-refractivity contribution is -0.192. The maximum Gasteiger partial charge on any atom is 0.490 e. The Morgan fingerprint density at radius 2 is 1.76 bits per heavy atom. The summed E-state index contributed by atoms with van der Waals surface area (Å²) < 4.78 is 33.4. The Labute approximate surface area is 218 Å². The van der Waals surface area contributed by atoms with E-state index >= 15 is 0 Å². The van der Waals surface area contributed by atoms with Gasteiger partial charge in [0.1, 0.15) is 5.82 Å². The van der Waals surface area contributed by atoms with Gasteiger partial charge >= 0.3 is 12.1 Å². The second-order valence-corrected chi connectivity index (χ2v) is 9.23. The average molecular weight is 548 g/mol. The van der Waals surface area contributed by atoms with E-state index in [1.165, 1.54) is 0 Å². The van der Waals surface area contributed by atoms with Gasteiger partial charge in [0.05, 0.1) is 0 Å². The number of nitrogens with one attached hydrogen (secondary N) is 2. The first-order valence-electron chi connectivity index (χ1n) is 12.6. The Hall–Kier alpha value is -3.23. The third-order valence-corrected chi connectivity index (χ3v) is 6.44. The molecule has 2 bridgehead atoms. The number of likely N-dealkylation sites (tertiary alicyclic amines) is 2. The molecule has 0 spiro atoms. The molecule has 38 heavy (non-hydrogen) atoms. The third-order valence-electron chi connectivity index (χ3n) is 6.44. The summed E-state index contributed by atoms with van der Waals surface area (Å²) >= 11 is 0. The molecule has 0 saturated carbocycles. The molecule has 1 unspecified atom stereocenters. The van der Waals surface area contributed by atoms with Crippen molar-refractivity contribution in [2.24, 2.45) is 7.05 Å². The van der Waals surface area contributed by atoms with Crippen molar-refractivity contribution in [2.75, 3.05) is 26.2 Å².